The van der Waals surface area contributed by atoms with Crippen molar-refractivity contribution in [3.63, 3.8) is 0 Å². The Labute approximate surface area is 109 Å². The van der Waals surface area contributed by atoms with E-state index in [1.54, 1.807) is 6.07 Å². The monoisotopic (exact) mass is 271 g/mol. The molecule has 2 N–H and O–H groups in total. The molecule has 1 fully saturated rings. The number of hydrogen-bond acceptors (Lipinski definition) is 3. The molecule has 1 aliphatic heterocycles. The van der Waals surface area contributed by atoms with Gasteiger partial charge in [-0.2, -0.15) is 0 Å². The van der Waals surface area contributed by atoms with Crippen molar-refractivity contribution < 1.29 is 23.4 Å². The first-order valence-corrected chi connectivity index (χ1v) is 5.95. The summed E-state index contributed by atoms with van der Waals surface area (Å²) >= 11 is 0. The number of nitrogens with one attached hydrogen (secondary N) is 1. The summed E-state index contributed by atoms with van der Waals surface area (Å²) in [7, 11) is 1.41. The molecular weight excluding hydrogens is 256 g/mol. The molecule has 1 aromatic rings. The Balaban J connectivity index is 2.23. The predicted molar refractivity (Wildman–Crippen MR) is 64.4 cm³/mol. The molecule has 1 aliphatic rings. The van der Waals surface area contributed by atoms with E-state index in [1.165, 1.54) is 19.2 Å². The molecule has 0 bridgehead atoms. The van der Waals surface area contributed by atoms with Crippen molar-refractivity contribution in [1.29, 1.82) is 0 Å². The molecule has 1 saturated heterocycles. The highest BCUT2D eigenvalue weighted by atomic mass is 19.3. The minimum atomic E-state index is -2.55. The number of ether oxygens (including phenoxy) is 1. The molecule has 2 unspecified atom stereocenters. The second kappa shape index (κ2) is 5.52. The molecule has 19 heavy (non-hydrogen) atoms. The Morgan fingerprint density at radius 1 is 1.53 bits per heavy atom. The van der Waals surface area contributed by atoms with Crippen LogP contribution in [0.2, 0.25) is 0 Å². The number of aliphatic carboxylic acids is 1. The third-order valence-corrected chi connectivity index (χ3v) is 3.37. The summed E-state index contributed by atoms with van der Waals surface area (Å²) in [5.41, 5.74) is 0.615. The summed E-state index contributed by atoms with van der Waals surface area (Å²) in [4.78, 5) is 10.9. The van der Waals surface area contributed by atoms with Gasteiger partial charge in [-0.05, 0) is 12.5 Å². The van der Waals surface area contributed by atoms with Crippen LogP contribution in [0.3, 0.4) is 0 Å². The molecule has 1 heterocycles. The Morgan fingerprint density at radius 2 is 2.26 bits per heavy atom. The van der Waals surface area contributed by atoms with Crippen molar-refractivity contribution >= 4 is 5.97 Å². The molecule has 4 nitrogen and oxygen atoms in total. The first-order valence-electron chi connectivity index (χ1n) is 5.95. The van der Waals surface area contributed by atoms with Crippen LogP contribution in [0.4, 0.5) is 8.78 Å². The van der Waals surface area contributed by atoms with Crippen LogP contribution < -0.4 is 10.1 Å². The van der Waals surface area contributed by atoms with E-state index in [1.807, 2.05) is 0 Å². The van der Waals surface area contributed by atoms with Crippen molar-refractivity contribution in [2.75, 3.05) is 13.7 Å². The van der Waals surface area contributed by atoms with E-state index in [-0.39, 0.29) is 11.6 Å². The van der Waals surface area contributed by atoms with E-state index >= 15 is 0 Å². The molecule has 0 saturated carbocycles. The number of benzene rings is 1. The minimum Gasteiger partial charge on any atom is -0.496 e. The van der Waals surface area contributed by atoms with E-state index in [0.29, 0.717) is 18.7 Å². The van der Waals surface area contributed by atoms with Gasteiger partial charge < -0.3 is 15.2 Å². The molecule has 1 aromatic carbocycles. The van der Waals surface area contributed by atoms with Gasteiger partial charge in [0.1, 0.15) is 5.75 Å². The number of alkyl halides is 2. The third-order valence-electron chi connectivity index (χ3n) is 3.37. The Hall–Kier alpha value is -1.69. The first kappa shape index (κ1) is 13.7. The zero-order valence-corrected chi connectivity index (χ0v) is 10.4. The average Bonchev–Trinajstić information content (AvgIpc) is 2.87. The summed E-state index contributed by atoms with van der Waals surface area (Å²) < 4.78 is 30.3. The van der Waals surface area contributed by atoms with Crippen LogP contribution in [0.5, 0.6) is 5.75 Å². The lowest BCUT2D eigenvalue weighted by atomic mass is 9.98. The summed E-state index contributed by atoms with van der Waals surface area (Å²) in [6, 6.07) is 4.04. The van der Waals surface area contributed by atoms with Crippen molar-refractivity contribution in [2.45, 2.75) is 18.9 Å². The molecular formula is C13H15F2NO3. The van der Waals surface area contributed by atoms with E-state index < -0.39 is 18.3 Å². The predicted octanol–water partition coefficient (Wildman–Crippen LogP) is 2.37. The van der Waals surface area contributed by atoms with Gasteiger partial charge in [-0.25, -0.2) is 8.78 Å². The van der Waals surface area contributed by atoms with Crippen LogP contribution in [0.25, 0.3) is 0 Å². The number of halogens is 2. The Kier molecular flexibility index (Phi) is 3.99. The van der Waals surface area contributed by atoms with E-state index in [0.717, 1.165) is 5.56 Å². The summed E-state index contributed by atoms with van der Waals surface area (Å²) in [6.07, 6.45) is -2.12. The standard InChI is InChI=1S/C13H15F2NO3/c1-19-11-5-7(12(14)15)2-3-9(11)10-4-8(6-16-10)13(17)18/h2-3,5,8,10,12,16H,4,6H2,1H3,(H,17,18). The second-order valence-corrected chi connectivity index (χ2v) is 4.53. The quantitative estimate of drug-likeness (QED) is 0.882. The fourth-order valence-electron chi connectivity index (χ4n) is 2.31. The zero-order valence-electron chi connectivity index (χ0n) is 10.4. The molecule has 0 spiro atoms. The molecule has 0 radical (unpaired) electrons. The molecule has 2 atom stereocenters. The van der Waals surface area contributed by atoms with Gasteiger partial charge in [0.25, 0.3) is 6.43 Å². The fraction of sp³-hybridized carbons (Fsp3) is 0.462. The maximum atomic E-state index is 12.6. The molecule has 104 valence electrons. The largest absolute Gasteiger partial charge is 0.496 e. The summed E-state index contributed by atoms with van der Waals surface area (Å²) in [6.45, 7) is 0.375. The van der Waals surface area contributed by atoms with Gasteiger partial charge in [-0.3, -0.25) is 4.79 Å². The lowest BCUT2D eigenvalue weighted by Gasteiger charge is -2.16. The minimum absolute atomic E-state index is 0.103. The van der Waals surface area contributed by atoms with Gasteiger partial charge in [-0.1, -0.05) is 12.1 Å². The lowest BCUT2D eigenvalue weighted by molar-refractivity contribution is -0.141. The van der Waals surface area contributed by atoms with Crippen LogP contribution in [-0.4, -0.2) is 24.7 Å². The summed E-state index contributed by atoms with van der Waals surface area (Å²) in [5, 5.41) is 12.0. The van der Waals surface area contributed by atoms with Gasteiger partial charge in [0.05, 0.1) is 13.0 Å². The van der Waals surface area contributed by atoms with Crippen LogP contribution in [-0.2, 0) is 4.79 Å². The molecule has 0 aliphatic carbocycles. The second-order valence-electron chi connectivity index (χ2n) is 4.53. The van der Waals surface area contributed by atoms with Gasteiger partial charge in [-0.15, -0.1) is 0 Å². The van der Waals surface area contributed by atoms with Crippen LogP contribution >= 0.6 is 0 Å². The number of hydrogen-bond donors (Lipinski definition) is 2. The Bertz CT molecular complexity index is 479. The van der Waals surface area contributed by atoms with Gasteiger partial charge in [0.2, 0.25) is 0 Å². The molecule has 0 aromatic heterocycles. The van der Waals surface area contributed by atoms with Crippen molar-refractivity contribution in [1.82, 2.24) is 5.32 Å². The lowest BCUT2D eigenvalue weighted by Crippen LogP contribution is -2.17. The highest BCUT2D eigenvalue weighted by Crippen LogP contribution is 2.35. The number of carboxylic acid groups (broad SMARTS) is 1. The van der Waals surface area contributed by atoms with Gasteiger partial charge in [0.15, 0.2) is 0 Å². The Morgan fingerprint density at radius 3 is 2.79 bits per heavy atom. The molecule has 6 heteroatoms. The van der Waals surface area contributed by atoms with E-state index in [2.05, 4.69) is 5.32 Å². The van der Waals surface area contributed by atoms with Crippen LogP contribution in [0, 0.1) is 5.92 Å². The van der Waals surface area contributed by atoms with E-state index in [4.69, 9.17) is 9.84 Å². The topological polar surface area (TPSA) is 58.6 Å². The smallest absolute Gasteiger partial charge is 0.307 e. The van der Waals surface area contributed by atoms with Gasteiger partial charge in [0, 0.05) is 23.7 Å². The SMILES string of the molecule is COc1cc(C(F)F)ccc1C1CC(C(=O)O)CN1. The third kappa shape index (κ3) is 2.84. The first-order chi connectivity index (χ1) is 9.02. The maximum absolute atomic E-state index is 12.6. The van der Waals surface area contributed by atoms with E-state index in [9.17, 15) is 13.6 Å². The van der Waals surface area contributed by atoms with Crippen molar-refractivity contribution in [3.8, 4) is 5.75 Å². The number of carbonyl (C=O) groups is 1. The molecule has 0 amide bonds. The highest BCUT2D eigenvalue weighted by Gasteiger charge is 2.31. The number of rotatable bonds is 4. The number of carboxylic acids is 1. The fourth-order valence-corrected chi connectivity index (χ4v) is 2.31. The van der Waals surface area contributed by atoms with Gasteiger partial charge >= 0.3 is 5.97 Å². The maximum Gasteiger partial charge on any atom is 0.307 e. The number of methoxy groups -OCH3 is 1. The average molecular weight is 271 g/mol. The van der Waals surface area contributed by atoms with Crippen molar-refractivity contribution in [3.05, 3.63) is 29.3 Å². The highest BCUT2D eigenvalue weighted by molar-refractivity contribution is 5.71. The van der Waals surface area contributed by atoms with Crippen LogP contribution in [0.1, 0.15) is 30.0 Å². The summed E-state index contributed by atoms with van der Waals surface area (Å²) in [5.74, 6) is -0.941. The van der Waals surface area contributed by atoms with Crippen LogP contribution in [0.15, 0.2) is 18.2 Å². The normalized spacial score (nSPS) is 22.7. The zero-order chi connectivity index (χ0) is 14.0. The molecule has 2 rings (SSSR count). The van der Waals surface area contributed by atoms with Crippen molar-refractivity contribution in [2.24, 2.45) is 5.92 Å².